The zero-order valence-electron chi connectivity index (χ0n) is 23.5. The number of para-hydroxylation sites is 1. The highest BCUT2D eigenvalue weighted by Crippen LogP contribution is 2.44. The zero-order chi connectivity index (χ0) is 29.8. The van der Waals surface area contributed by atoms with Crippen LogP contribution in [-0.4, -0.2) is 53.6 Å². The fraction of sp³-hybridized carbons (Fsp3) is 0.250. The van der Waals surface area contributed by atoms with Crippen molar-refractivity contribution in [3.05, 3.63) is 90.1 Å². The molecule has 10 nitrogen and oxygen atoms in total. The second-order valence-electron chi connectivity index (χ2n) is 10.3. The molecule has 0 saturated carbocycles. The zero-order valence-corrected chi connectivity index (χ0v) is 23.5. The van der Waals surface area contributed by atoms with Gasteiger partial charge in [-0.1, -0.05) is 60.7 Å². The number of nitrogens with one attached hydrogen (secondary N) is 4. The summed E-state index contributed by atoms with van der Waals surface area (Å²) in [4.78, 5) is 53.5. The van der Waals surface area contributed by atoms with E-state index in [1.807, 2.05) is 72.8 Å². The Kier molecular flexibility index (Phi) is 8.24. The van der Waals surface area contributed by atoms with Gasteiger partial charge in [0.25, 0.3) is 0 Å². The van der Waals surface area contributed by atoms with Gasteiger partial charge in [0.2, 0.25) is 11.8 Å². The van der Waals surface area contributed by atoms with Crippen LogP contribution in [-0.2, 0) is 19.1 Å². The SMILES string of the molecule is C[C@H](NC(=O)OCC1c2ccccc2-c2ccccc21)C(=O)N[C@@H](C)C(=O)N[C@@H](C)C(=O)Oc1c[nH]c2ccccc12. The molecule has 216 valence electrons. The van der Waals surface area contributed by atoms with Gasteiger partial charge in [-0.3, -0.25) is 9.59 Å². The van der Waals surface area contributed by atoms with E-state index >= 15 is 0 Å². The lowest BCUT2D eigenvalue weighted by molar-refractivity contribution is -0.139. The number of aromatic amines is 1. The molecule has 42 heavy (non-hydrogen) atoms. The summed E-state index contributed by atoms with van der Waals surface area (Å²) in [6.45, 7) is 4.57. The molecule has 5 rings (SSSR count). The fourth-order valence-corrected chi connectivity index (χ4v) is 5.01. The first-order valence-electron chi connectivity index (χ1n) is 13.7. The van der Waals surface area contributed by atoms with Gasteiger partial charge in [-0.25, -0.2) is 9.59 Å². The second kappa shape index (κ2) is 12.2. The third kappa shape index (κ3) is 5.97. The molecule has 0 spiro atoms. The van der Waals surface area contributed by atoms with Crippen molar-refractivity contribution in [1.82, 2.24) is 20.9 Å². The van der Waals surface area contributed by atoms with Crippen LogP contribution in [0.5, 0.6) is 5.75 Å². The molecule has 3 amide bonds. The number of benzene rings is 3. The minimum Gasteiger partial charge on any atom is -0.449 e. The Morgan fingerprint density at radius 3 is 1.95 bits per heavy atom. The molecule has 10 heteroatoms. The molecule has 0 aliphatic heterocycles. The lowest BCUT2D eigenvalue weighted by Gasteiger charge is -2.20. The van der Waals surface area contributed by atoms with Gasteiger partial charge in [-0.2, -0.15) is 0 Å². The molecule has 0 saturated heterocycles. The number of aromatic nitrogens is 1. The van der Waals surface area contributed by atoms with Gasteiger partial charge in [0.1, 0.15) is 24.7 Å². The minimum absolute atomic E-state index is 0.111. The van der Waals surface area contributed by atoms with Gasteiger partial charge in [0.15, 0.2) is 5.75 Å². The Balaban J connectivity index is 1.08. The first-order chi connectivity index (χ1) is 20.2. The number of carbonyl (C=O) groups excluding carboxylic acids is 4. The van der Waals surface area contributed by atoms with Crippen LogP contribution >= 0.6 is 0 Å². The molecule has 0 bridgehead atoms. The maximum atomic E-state index is 12.7. The third-order valence-electron chi connectivity index (χ3n) is 7.30. The van der Waals surface area contributed by atoms with Crippen LogP contribution < -0.4 is 20.7 Å². The van der Waals surface area contributed by atoms with Gasteiger partial charge < -0.3 is 30.4 Å². The molecule has 1 aromatic heterocycles. The molecule has 3 aromatic carbocycles. The summed E-state index contributed by atoms with van der Waals surface area (Å²) in [6, 6.07) is 20.4. The quantitative estimate of drug-likeness (QED) is 0.225. The van der Waals surface area contributed by atoms with Crippen molar-refractivity contribution >= 4 is 34.8 Å². The predicted molar refractivity (Wildman–Crippen MR) is 157 cm³/mol. The van der Waals surface area contributed by atoms with Crippen LogP contribution in [0.15, 0.2) is 79.0 Å². The number of fused-ring (bicyclic) bond motifs is 4. The van der Waals surface area contributed by atoms with Crippen LogP contribution in [0.4, 0.5) is 4.79 Å². The number of ether oxygens (including phenoxy) is 2. The number of carbonyl (C=O) groups is 4. The Hall–Kier alpha value is -5.12. The summed E-state index contributed by atoms with van der Waals surface area (Å²) in [5, 5.41) is 8.34. The maximum absolute atomic E-state index is 12.7. The number of alkyl carbamates (subject to hydrolysis) is 1. The summed E-state index contributed by atoms with van der Waals surface area (Å²) in [5.74, 6) is -1.58. The summed E-state index contributed by atoms with van der Waals surface area (Å²) >= 11 is 0. The molecule has 0 radical (unpaired) electrons. The summed E-state index contributed by atoms with van der Waals surface area (Å²) in [5.41, 5.74) is 5.20. The Morgan fingerprint density at radius 1 is 0.738 bits per heavy atom. The second-order valence-corrected chi connectivity index (χ2v) is 10.3. The van der Waals surface area contributed by atoms with E-state index in [4.69, 9.17) is 9.47 Å². The molecule has 0 unspecified atom stereocenters. The van der Waals surface area contributed by atoms with Crippen LogP contribution in [0, 0.1) is 0 Å². The van der Waals surface area contributed by atoms with Crippen molar-refractivity contribution < 1.29 is 28.7 Å². The smallest absolute Gasteiger partial charge is 0.407 e. The van der Waals surface area contributed by atoms with Gasteiger partial charge in [-0.15, -0.1) is 0 Å². The van der Waals surface area contributed by atoms with Crippen LogP contribution in [0.25, 0.3) is 22.0 Å². The Labute approximate surface area is 242 Å². The summed E-state index contributed by atoms with van der Waals surface area (Å²) in [7, 11) is 0. The van der Waals surface area contributed by atoms with Crippen molar-refractivity contribution in [2.45, 2.75) is 44.8 Å². The van der Waals surface area contributed by atoms with E-state index in [0.29, 0.717) is 5.75 Å². The molecule has 3 atom stereocenters. The summed E-state index contributed by atoms with van der Waals surface area (Å²) < 4.78 is 10.9. The number of esters is 1. The Bertz CT molecular complexity index is 1600. The lowest BCUT2D eigenvalue weighted by atomic mass is 9.98. The standard InChI is InChI=1S/C32H32N4O6/c1-18(29(37)35-20(3)31(39)42-28-16-33-27-15-9-8-14-25(27)28)34-30(38)19(2)36-32(40)41-17-26-23-12-6-4-10-21(23)22-11-5-7-13-24(22)26/h4-16,18-20,26,33H,17H2,1-3H3,(H,34,38)(H,35,37)(H,36,40)/t18-,19-,20-/m0/s1. The molecular formula is C32H32N4O6. The van der Waals surface area contributed by atoms with Gasteiger partial charge in [0.05, 0.1) is 0 Å². The maximum Gasteiger partial charge on any atom is 0.407 e. The molecule has 1 aliphatic rings. The lowest BCUT2D eigenvalue weighted by Crippen LogP contribution is -2.54. The Morgan fingerprint density at radius 2 is 1.29 bits per heavy atom. The minimum atomic E-state index is -0.979. The fourth-order valence-electron chi connectivity index (χ4n) is 5.01. The highest BCUT2D eigenvalue weighted by atomic mass is 16.5. The highest BCUT2D eigenvalue weighted by molar-refractivity contribution is 5.94. The van der Waals surface area contributed by atoms with Crippen LogP contribution in [0.1, 0.15) is 37.8 Å². The van der Waals surface area contributed by atoms with Crippen LogP contribution in [0.3, 0.4) is 0 Å². The largest absolute Gasteiger partial charge is 0.449 e. The molecule has 4 N–H and O–H groups in total. The van der Waals surface area contributed by atoms with Crippen molar-refractivity contribution in [3.63, 3.8) is 0 Å². The molecule has 1 heterocycles. The van der Waals surface area contributed by atoms with Gasteiger partial charge in [-0.05, 0) is 55.2 Å². The number of amides is 3. The predicted octanol–water partition coefficient (Wildman–Crippen LogP) is 4.01. The van der Waals surface area contributed by atoms with E-state index in [0.717, 1.165) is 33.2 Å². The van der Waals surface area contributed by atoms with Crippen LogP contribution in [0.2, 0.25) is 0 Å². The molecule has 4 aromatic rings. The van der Waals surface area contributed by atoms with E-state index < -0.39 is 42.0 Å². The van der Waals surface area contributed by atoms with E-state index in [-0.39, 0.29) is 12.5 Å². The van der Waals surface area contributed by atoms with Crippen molar-refractivity contribution in [2.24, 2.45) is 0 Å². The molecule has 0 fully saturated rings. The number of H-pyrrole nitrogens is 1. The van der Waals surface area contributed by atoms with Crippen molar-refractivity contribution in [3.8, 4) is 16.9 Å². The molecular weight excluding hydrogens is 536 g/mol. The van der Waals surface area contributed by atoms with E-state index in [2.05, 4.69) is 20.9 Å². The third-order valence-corrected chi connectivity index (χ3v) is 7.30. The first kappa shape index (κ1) is 28.4. The topological polar surface area (TPSA) is 139 Å². The van der Waals surface area contributed by atoms with E-state index in [1.165, 1.54) is 20.8 Å². The highest BCUT2D eigenvalue weighted by Gasteiger charge is 2.30. The monoisotopic (exact) mass is 568 g/mol. The number of rotatable bonds is 9. The van der Waals surface area contributed by atoms with Gasteiger partial charge >= 0.3 is 12.1 Å². The normalized spacial score (nSPS) is 14.2. The summed E-state index contributed by atoms with van der Waals surface area (Å²) in [6.07, 6.45) is 0.829. The molecule has 1 aliphatic carbocycles. The number of hydrogen-bond donors (Lipinski definition) is 4. The first-order valence-corrected chi connectivity index (χ1v) is 13.7. The average molecular weight is 569 g/mol. The van der Waals surface area contributed by atoms with Gasteiger partial charge in [0, 0.05) is 23.0 Å². The average Bonchev–Trinajstić information content (AvgIpc) is 3.54. The van der Waals surface area contributed by atoms with E-state index in [1.54, 1.807) is 6.20 Å². The number of hydrogen-bond acceptors (Lipinski definition) is 6. The van der Waals surface area contributed by atoms with Crippen molar-refractivity contribution in [2.75, 3.05) is 6.61 Å². The van der Waals surface area contributed by atoms with Crippen molar-refractivity contribution in [1.29, 1.82) is 0 Å². The van der Waals surface area contributed by atoms with E-state index in [9.17, 15) is 19.2 Å².